The number of aryl methyl sites for hydroxylation is 2. The fourth-order valence-electron chi connectivity index (χ4n) is 8.78. The lowest BCUT2D eigenvalue weighted by Crippen LogP contribution is -2.56. The molecule has 0 spiro atoms. The van der Waals surface area contributed by atoms with Crippen molar-refractivity contribution in [2.24, 2.45) is 10.8 Å². The number of nitrogens with zero attached hydrogens (tertiary/aromatic N) is 2. The van der Waals surface area contributed by atoms with Crippen molar-refractivity contribution in [3.8, 4) is 0 Å². The van der Waals surface area contributed by atoms with Crippen molar-refractivity contribution in [3.05, 3.63) is 59.7 Å². The Balaban J connectivity index is 0.00000422. The van der Waals surface area contributed by atoms with Crippen LogP contribution in [-0.2, 0) is 32.0 Å². The molecule has 0 bridgehead atoms. The van der Waals surface area contributed by atoms with Crippen LogP contribution in [0.15, 0.2) is 48.5 Å². The predicted octanol–water partition coefficient (Wildman–Crippen LogP) is 6.16. The Kier molecular flexibility index (Phi) is 18.4. The molecule has 62 heavy (non-hydrogen) atoms. The number of carbonyl (C=O) groups is 4. The minimum Gasteiger partial charge on any atom is -0.367 e. The van der Waals surface area contributed by atoms with Gasteiger partial charge >= 0.3 is 0 Å². The van der Waals surface area contributed by atoms with Crippen LogP contribution in [0.4, 0.5) is 11.4 Å². The normalized spacial score (nSPS) is 25.9. The molecule has 6 rings (SSSR count). The zero-order chi connectivity index (χ0) is 43.5. The van der Waals surface area contributed by atoms with Crippen LogP contribution in [0.2, 0.25) is 0 Å². The van der Waals surface area contributed by atoms with Crippen LogP contribution < -0.4 is 31.9 Å². The number of carbonyl (C=O) groups excluding carboxylic acids is 4. The summed E-state index contributed by atoms with van der Waals surface area (Å²) in [5, 5.41) is 18.9. The zero-order valence-electron chi connectivity index (χ0n) is 36.9. The van der Waals surface area contributed by atoms with E-state index in [4.69, 9.17) is 24.4 Å². The quantitative estimate of drug-likeness (QED) is 0.128. The summed E-state index contributed by atoms with van der Waals surface area (Å²) in [4.78, 5) is 60.7. The van der Waals surface area contributed by atoms with Gasteiger partial charge in [0.25, 0.3) is 0 Å². The largest absolute Gasteiger partial charge is 0.367 e. The average molecular weight is 968 g/mol. The van der Waals surface area contributed by atoms with E-state index in [0.29, 0.717) is 34.2 Å². The van der Waals surface area contributed by atoms with Crippen LogP contribution in [0.1, 0.15) is 78.4 Å². The molecule has 4 heterocycles. The van der Waals surface area contributed by atoms with E-state index in [2.05, 4.69) is 59.6 Å². The van der Waals surface area contributed by atoms with Gasteiger partial charge in [-0.15, -0.1) is 48.3 Å². The van der Waals surface area contributed by atoms with Crippen LogP contribution in [0.5, 0.6) is 0 Å². The Morgan fingerprint density at radius 1 is 0.661 bits per heavy atom. The van der Waals surface area contributed by atoms with Gasteiger partial charge in [-0.25, -0.2) is 0 Å². The highest BCUT2D eigenvalue weighted by molar-refractivity contribution is 8.00. The van der Waals surface area contributed by atoms with Gasteiger partial charge in [0.05, 0.1) is 32.8 Å². The van der Waals surface area contributed by atoms with Crippen molar-refractivity contribution in [1.82, 2.24) is 31.1 Å². The summed E-state index contributed by atoms with van der Waals surface area (Å²) in [5.41, 5.74) is 2.81. The molecule has 4 aliphatic rings. The summed E-state index contributed by atoms with van der Waals surface area (Å²) in [6.45, 7) is 12.2. The molecule has 2 unspecified atom stereocenters. The molecule has 6 N–H and O–H groups in total. The highest BCUT2D eigenvalue weighted by Gasteiger charge is 2.55. The lowest BCUT2D eigenvalue weighted by atomic mass is 9.84. The first kappa shape index (κ1) is 51.9. The van der Waals surface area contributed by atoms with Gasteiger partial charge in [-0.3, -0.25) is 19.2 Å². The smallest absolute Gasteiger partial charge is 0.247 e. The third-order valence-corrected chi connectivity index (χ3v) is 16.0. The maximum Gasteiger partial charge on any atom is 0.247 e. The van der Waals surface area contributed by atoms with E-state index in [1.54, 1.807) is 33.3 Å². The Hall–Kier alpha value is -2.70. The number of rotatable bonds is 13. The molecule has 2 aromatic carbocycles. The van der Waals surface area contributed by atoms with E-state index in [-0.39, 0.29) is 71.3 Å². The Labute approximate surface area is 399 Å². The molecule has 342 valence electrons. The standard InChI is InChI=1S/C44H62N8O4S4.2ClH/c1-25(45-7)39(57)49-31-19-21-59-33-23-43(3,4)35(51(33)41(31)55)37(53)47-29-15-11-27(12-16-29)9-10-28-13-17-30(18-14-28)48-38(54)36-44(5,6)24-34-52(36)42(56)32(20-22-60-34)50-40(58)26(2)46-8;;/h11-18,25-26,31-36,45-46H,9-10,19-24H2,1-8H3,(H,47,53)(H,48,54)(H,49,57)(H,50,58);2*1H/t25?,26?,31-,32-,33-,34-,35+,36+;;/m0../s1. The molecule has 4 saturated heterocycles. The van der Waals surface area contributed by atoms with E-state index >= 15 is 0 Å². The molecule has 0 saturated carbocycles. The average Bonchev–Trinajstić information content (AvgIpc) is 3.53. The number of anilines is 2. The minimum atomic E-state index is -0.614. The first-order chi connectivity index (χ1) is 28.4. The molecular weight excluding hydrogens is 904 g/mol. The molecule has 4 fully saturated rings. The Morgan fingerprint density at radius 3 is 1.32 bits per heavy atom. The molecule has 8 atom stereocenters. The summed E-state index contributed by atoms with van der Waals surface area (Å²) in [5.74, 6) is 1.10. The number of halogens is 2. The van der Waals surface area contributed by atoms with Crippen molar-refractivity contribution < 1.29 is 19.2 Å². The Bertz CT molecular complexity index is 1800. The second-order valence-corrected chi connectivity index (χ2v) is 21.4. The van der Waals surface area contributed by atoms with Gasteiger partial charge in [-0.1, -0.05) is 76.4 Å². The monoisotopic (exact) mass is 966 g/mol. The molecule has 0 aromatic heterocycles. The number of hydrogen-bond acceptors (Lipinski definition) is 10. The van der Waals surface area contributed by atoms with Crippen LogP contribution >= 0.6 is 72.8 Å². The SMILES string of the molecule is CNC(C)C(=S)N[C@H]1CCS[C@H]2CC(C)(C)[C@@H](C(=O)Nc3ccc(CCc4ccc(NC(=O)[C@H]5N6C(=O)[C@@H](NC(=S)C(C)NC)CCS[C@H]6CC5(C)C)cc4)cc3)N2C1=O.Cl.Cl. The summed E-state index contributed by atoms with van der Waals surface area (Å²) >= 11 is 14.6. The lowest BCUT2D eigenvalue weighted by Gasteiger charge is -2.34. The number of benzene rings is 2. The van der Waals surface area contributed by atoms with E-state index in [9.17, 15) is 19.2 Å². The predicted molar refractivity (Wildman–Crippen MR) is 268 cm³/mol. The fourth-order valence-corrected chi connectivity index (χ4v) is 12.5. The number of hydrogen-bond donors (Lipinski definition) is 6. The topological polar surface area (TPSA) is 147 Å². The van der Waals surface area contributed by atoms with Gasteiger partial charge < -0.3 is 41.7 Å². The maximum atomic E-state index is 14.0. The molecule has 4 aliphatic heterocycles. The summed E-state index contributed by atoms with van der Waals surface area (Å²) in [7, 11) is 3.67. The molecule has 18 heteroatoms. The van der Waals surface area contributed by atoms with Crippen LogP contribution in [0, 0.1) is 10.8 Å². The minimum absolute atomic E-state index is 0. The molecular formula is C44H64Cl2N8O4S4. The van der Waals surface area contributed by atoms with E-state index in [0.717, 1.165) is 48.3 Å². The highest BCUT2D eigenvalue weighted by atomic mass is 35.5. The summed E-state index contributed by atoms with van der Waals surface area (Å²) in [6, 6.07) is 13.5. The number of thioether (sulfide) groups is 2. The van der Waals surface area contributed by atoms with Gasteiger partial charge in [0.1, 0.15) is 24.2 Å². The van der Waals surface area contributed by atoms with Crippen molar-refractivity contribution in [2.45, 2.75) is 127 Å². The third-order valence-electron chi connectivity index (χ3n) is 12.5. The van der Waals surface area contributed by atoms with Crippen LogP contribution in [0.25, 0.3) is 0 Å². The molecule has 0 aliphatic carbocycles. The number of likely N-dealkylation sites (N-methyl/N-ethyl adjacent to an activating group) is 2. The third kappa shape index (κ3) is 11.8. The van der Waals surface area contributed by atoms with E-state index < -0.39 is 35.0 Å². The van der Waals surface area contributed by atoms with Gasteiger partial charge in [0, 0.05) is 11.4 Å². The molecule has 0 radical (unpaired) electrons. The lowest BCUT2D eigenvalue weighted by molar-refractivity contribution is -0.140. The van der Waals surface area contributed by atoms with Gasteiger partial charge in [0.2, 0.25) is 23.6 Å². The second-order valence-electron chi connectivity index (χ2n) is 17.9. The van der Waals surface area contributed by atoms with Crippen molar-refractivity contribution in [2.75, 3.05) is 36.2 Å². The molecule has 12 nitrogen and oxygen atoms in total. The van der Waals surface area contributed by atoms with Crippen molar-refractivity contribution in [3.63, 3.8) is 0 Å². The van der Waals surface area contributed by atoms with Crippen LogP contribution in [-0.4, -0.2) is 116 Å². The van der Waals surface area contributed by atoms with E-state index in [1.165, 1.54) is 0 Å². The highest BCUT2D eigenvalue weighted by Crippen LogP contribution is 2.48. The summed E-state index contributed by atoms with van der Waals surface area (Å²) < 4.78 is 0. The number of fused-ring (bicyclic) bond motifs is 2. The maximum absolute atomic E-state index is 14.0. The molecule has 2 aromatic rings. The summed E-state index contributed by atoms with van der Waals surface area (Å²) in [6.07, 6.45) is 4.35. The first-order valence-electron chi connectivity index (χ1n) is 21.1. The number of nitrogens with one attached hydrogen (secondary N) is 6. The zero-order valence-corrected chi connectivity index (χ0v) is 41.8. The van der Waals surface area contributed by atoms with E-state index in [1.807, 2.05) is 76.5 Å². The van der Waals surface area contributed by atoms with Gasteiger partial charge in [-0.05, 0) is 124 Å². The number of thiocarbonyl (C=S) groups is 2. The molecule has 4 amide bonds. The van der Waals surface area contributed by atoms with Crippen molar-refractivity contribution >= 4 is 118 Å². The number of amides is 4. The van der Waals surface area contributed by atoms with Gasteiger partial charge in [-0.2, -0.15) is 0 Å². The Morgan fingerprint density at radius 2 is 1.00 bits per heavy atom. The van der Waals surface area contributed by atoms with Gasteiger partial charge in [0.15, 0.2) is 0 Å². The second kappa shape index (κ2) is 22.0. The van der Waals surface area contributed by atoms with Crippen molar-refractivity contribution in [1.29, 1.82) is 0 Å². The fraction of sp³-hybridized carbons (Fsp3) is 0.591. The van der Waals surface area contributed by atoms with Crippen LogP contribution in [0.3, 0.4) is 0 Å². The first-order valence-corrected chi connectivity index (χ1v) is 24.0.